The van der Waals surface area contributed by atoms with Gasteiger partial charge in [0, 0.05) is 13.5 Å². The number of hydrogen-bond acceptors (Lipinski definition) is 6. The smallest absolute Gasteiger partial charge is 0.328 e. The van der Waals surface area contributed by atoms with E-state index in [2.05, 4.69) is 5.32 Å². The summed E-state index contributed by atoms with van der Waals surface area (Å²) in [5.41, 5.74) is 1.07. The zero-order valence-corrected chi connectivity index (χ0v) is 17.4. The number of rotatable bonds is 10. The predicted octanol–water partition coefficient (Wildman–Crippen LogP) is 2.51. The molecule has 0 radical (unpaired) electrons. The summed E-state index contributed by atoms with van der Waals surface area (Å²) in [6.07, 6.45) is 1.92. The first-order valence-electron chi connectivity index (χ1n) is 9.45. The fraction of sp³-hybridized carbons (Fsp3) is 0.550. The third-order valence-electron chi connectivity index (χ3n) is 4.45. The van der Waals surface area contributed by atoms with E-state index < -0.39 is 12.0 Å². The second-order valence-corrected chi connectivity index (χ2v) is 7.59. The van der Waals surface area contributed by atoms with Gasteiger partial charge in [-0.2, -0.15) is 0 Å². The Balaban J connectivity index is 1.89. The molecule has 1 aliphatic heterocycles. The molecular formula is C20H28N2O5S. The van der Waals surface area contributed by atoms with Gasteiger partial charge in [0.15, 0.2) is 0 Å². The Morgan fingerprint density at radius 2 is 2.00 bits per heavy atom. The van der Waals surface area contributed by atoms with Crippen molar-refractivity contribution in [1.82, 2.24) is 10.2 Å². The quantitative estimate of drug-likeness (QED) is 0.473. The molecule has 2 amide bonds. The summed E-state index contributed by atoms with van der Waals surface area (Å²) in [5.74, 6) is 0.690. The van der Waals surface area contributed by atoms with Gasteiger partial charge in [0.2, 0.25) is 11.8 Å². The summed E-state index contributed by atoms with van der Waals surface area (Å²) in [6.45, 7) is 4.54. The van der Waals surface area contributed by atoms with Crippen LogP contribution in [0.1, 0.15) is 44.0 Å². The van der Waals surface area contributed by atoms with E-state index in [1.165, 1.54) is 14.0 Å². The molecule has 1 heterocycles. The highest BCUT2D eigenvalue weighted by Gasteiger charge is 2.32. The number of nitrogens with one attached hydrogen (secondary N) is 1. The molecule has 1 aromatic carbocycles. The molecule has 1 N–H and O–H groups in total. The van der Waals surface area contributed by atoms with E-state index in [-0.39, 0.29) is 17.2 Å². The van der Waals surface area contributed by atoms with Gasteiger partial charge in [-0.05, 0) is 43.9 Å². The second-order valence-electron chi connectivity index (χ2n) is 6.52. The molecule has 0 saturated carbocycles. The number of carbonyl (C=O) groups excluding carboxylic acids is 3. The lowest BCUT2D eigenvalue weighted by molar-refractivity contribution is -0.145. The Morgan fingerprint density at radius 1 is 1.29 bits per heavy atom. The molecule has 2 unspecified atom stereocenters. The Hall–Kier alpha value is -2.22. The molecule has 0 aliphatic carbocycles. The summed E-state index contributed by atoms with van der Waals surface area (Å²) in [5, 5.41) is 2.60. The van der Waals surface area contributed by atoms with Crippen molar-refractivity contribution >= 4 is 29.5 Å². The number of hydrogen-bond donors (Lipinski definition) is 1. The fourth-order valence-corrected chi connectivity index (χ4v) is 4.35. The van der Waals surface area contributed by atoms with Crippen molar-refractivity contribution in [2.45, 2.75) is 44.5 Å². The number of benzene rings is 1. The van der Waals surface area contributed by atoms with Crippen molar-refractivity contribution < 1.29 is 23.9 Å². The molecule has 1 aliphatic rings. The van der Waals surface area contributed by atoms with Crippen molar-refractivity contribution in [3.05, 3.63) is 29.8 Å². The monoisotopic (exact) mass is 408 g/mol. The van der Waals surface area contributed by atoms with Crippen LogP contribution in [-0.2, 0) is 19.1 Å². The maximum atomic E-state index is 12.3. The van der Waals surface area contributed by atoms with Gasteiger partial charge in [-0.25, -0.2) is 4.79 Å². The van der Waals surface area contributed by atoms with Crippen LogP contribution in [0.5, 0.6) is 5.75 Å². The van der Waals surface area contributed by atoms with E-state index in [1.54, 1.807) is 11.8 Å². The highest BCUT2D eigenvalue weighted by atomic mass is 32.2. The average molecular weight is 409 g/mol. The van der Waals surface area contributed by atoms with Gasteiger partial charge < -0.3 is 19.7 Å². The lowest BCUT2D eigenvalue weighted by Gasteiger charge is -2.24. The highest BCUT2D eigenvalue weighted by Crippen LogP contribution is 2.39. The molecule has 2 rings (SSSR count). The third kappa shape index (κ3) is 6.15. The number of unbranched alkanes of at least 4 members (excludes halogenated alkanes) is 1. The minimum atomic E-state index is -0.645. The Labute approximate surface area is 170 Å². The van der Waals surface area contributed by atoms with E-state index >= 15 is 0 Å². The van der Waals surface area contributed by atoms with Crippen molar-refractivity contribution in [1.29, 1.82) is 0 Å². The number of esters is 1. The number of methoxy groups -OCH3 is 1. The van der Waals surface area contributed by atoms with Crippen LogP contribution in [0.25, 0.3) is 0 Å². The normalized spacial score (nSPS) is 17.3. The SMILES string of the molecule is CCOc1ccc(C2SCC(=O)N2CCCCC(NC(C)=O)C(=O)OC)cc1. The summed E-state index contributed by atoms with van der Waals surface area (Å²) in [6, 6.07) is 7.20. The van der Waals surface area contributed by atoms with Crippen LogP contribution in [0.15, 0.2) is 24.3 Å². The zero-order valence-electron chi connectivity index (χ0n) is 16.6. The molecular weight excluding hydrogens is 380 g/mol. The van der Waals surface area contributed by atoms with Crippen LogP contribution < -0.4 is 10.1 Å². The van der Waals surface area contributed by atoms with Crippen molar-refractivity contribution in [2.75, 3.05) is 26.0 Å². The minimum Gasteiger partial charge on any atom is -0.494 e. The molecule has 0 bridgehead atoms. The second kappa shape index (κ2) is 10.9. The number of nitrogens with zero attached hydrogens (tertiary/aromatic N) is 1. The van der Waals surface area contributed by atoms with Gasteiger partial charge in [-0.15, -0.1) is 11.8 Å². The van der Waals surface area contributed by atoms with E-state index in [9.17, 15) is 14.4 Å². The maximum absolute atomic E-state index is 12.3. The Kier molecular flexibility index (Phi) is 8.63. The van der Waals surface area contributed by atoms with E-state index in [0.717, 1.165) is 17.7 Å². The number of thioether (sulfide) groups is 1. The van der Waals surface area contributed by atoms with E-state index in [1.807, 2.05) is 36.1 Å². The topological polar surface area (TPSA) is 84.9 Å². The van der Waals surface area contributed by atoms with Crippen molar-refractivity contribution in [2.24, 2.45) is 0 Å². The van der Waals surface area contributed by atoms with Gasteiger partial charge in [0.1, 0.15) is 17.2 Å². The molecule has 8 heteroatoms. The van der Waals surface area contributed by atoms with Crippen LogP contribution in [0.3, 0.4) is 0 Å². The predicted molar refractivity (Wildman–Crippen MR) is 108 cm³/mol. The van der Waals surface area contributed by atoms with Crippen molar-refractivity contribution in [3.8, 4) is 5.75 Å². The highest BCUT2D eigenvalue weighted by molar-refractivity contribution is 8.00. The molecule has 2 atom stereocenters. The number of amides is 2. The molecule has 1 aromatic rings. The largest absolute Gasteiger partial charge is 0.494 e. The van der Waals surface area contributed by atoms with Crippen LogP contribution in [0.4, 0.5) is 0 Å². The van der Waals surface area contributed by atoms with Crippen LogP contribution in [0.2, 0.25) is 0 Å². The first-order valence-corrected chi connectivity index (χ1v) is 10.5. The summed E-state index contributed by atoms with van der Waals surface area (Å²) in [7, 11) is 1.30. The van der Waals surface area contributed by atoms with Crippen LogP contribution >= 0.6 is 11.8 Å². The molecule has 154 valence electrons. The molecule has 0 spiro atoms. The van der Waals surface area contributed by atoms with Crippen LogP contribution in [0, 0.1) is 0 Å². The molecule has 1 saturated heterocycles. The maximum Gasteiger partial charge on any atom is 0.328 e. The first-order chi connectivity index (χ1) is 13.5. The standard InChI is InChI=1S/C20H28N2O5S/c1-4-27-16-10-8-15(9-11-16)19-22(18(24)13-28-19)12-6-5-7-17(20(25)26-3)21-14(2)23/h8-11,17,19H,4-7,12-13H2,1-3H3,(H,21,23). The molecule has 28 heavy (non-hydrogen) atoms. The molecule has 7 nitrogen and oxygen atoms in total. The Morgan fingerprint density at radius 3 is 2.61 bits per heavy atom. The minimum absolute atomic E-state index is 0.00470. The third-order valence-corrected chi connectivity index (χ3v) is 5.71. The zero-order chi connectivity index (χ0) is 20.5. The van der Waals surface area contributed by atoms with Gasteiger partial charge in [0.25, 0.3) is 0 Å². The lowest BCUT2D eigenvalue weighted by Crippen LogP contribution is -2.40. The van der Waals surface area contributed by atoms with E-state index in [0.29, 0.717) is 31.7 Å². The molecule has 1 fully saturated rings. The molecule has 0 aromatic heterocycles. The summed E-state index contributed by atoms with van der Waals surface area (Å²) >= 11 is 1.62. The van der Waals surface area contributed by atoms with Gasteiger partial charge in [-0.1, -0.05) is 12.1 Å². The average Bonchev–Trinajstić information content (AvgIpc) is 3.04. The number of ether oxygens (including phenoxy) is 2. The van der Waals surface area contributed by atoms with Gasteiger partial charge >= 0.3 is 5.97 Å². The fourth-order valence-electron chi connectivity index (χ4n) is 3.13. The summed E-state index contributed by atoms with van der Waals surface area (Å²) in [4.78, 5) is 37.2. The number of carbonyl (C=O) groups is 3. The van der Waals surface area contributed by atoms with Crippen LogP contribution in [-0.4, -0.2) is 54.7 Å². The summed E-state index contributed by atoms with van der Waals surface area (Å²) < 4.78 is 10.2. The lowest BCUT2D eigenvalue weighted by atomic mass is 10.1. The first kappa shape index (κ1) is 22.1. The Bertz CT molecular complexity index is 680. The van der Waals surface area contributed by atoms with E-state index in [4.69, 9.17) is 9.47 Å². The van der Waals surface area contributed by atoms with Crippen molar-refractivity contribution in [3.63, 3.8) is 0 Å². The van der Waals surface area contributed by atoms with Gasteiger partial charge in [-0.3, -0.25) is 9.59 Å². The van der Waals surface area contributed by atoms with Gasteiger partial charge in [0.05, 0.1) is 19.5 Å².